The van der Waals surface area contributed by atoms with Crippen molar-refractivity contribution in [1.82, 2.24) is 14.9 Å². The maximum Gasteiger partial charge on any atom is 0.328 e. The van der Waals surface area contributed by atoms with Crippen LogP contribution in [-0.2, 0) is 11.3 Å². The second kappa shape index (κ2) is 4.59. The van der Waals surface area contributed by atoms with Crippen molar-refractivity contribution in [3.8, 4) is 0 Å². The van der Waals surface area contributed by atoms with E-state index in [4.69, 9.17) is 0 Å². The highest BCUT2D eigenvalue weighted by Crippen LogP contribution is 1.79. The molecule has 1 aromatic rings. The van der Waals surface area contributed by atoms with Gasteiger partial charge in [-0.15, -0.1) is 0 Å². The molecule has 0 unspecified atom stereocenters. The van der Waals surface area contributed by atoms with Crippen molar-refractivity contribution in [2.24, 2.45) is 0 Å². The van der Waals surface area contributed by atoms with Crippen molar-refractivity contribution in [2.75, 3.05) is 0 Å². The van der Waals surface area contributed by atoms with Crippen molar-refractivity contribution in [3.63, 3.8) is 0 Å². The fourth-order valence-electron chi connectivity index (χ4n) is 1.11. The molecule has 1 rings (SSSR count). The molecular weight excluding hydrogens is 198 g/mol. The number of hydrogen-bond acceptors (Lipinski definition) is 3. The van der Waals surface area contributed by atoms with Crippen LogP contribution in [0.2, 0.25) is 0 Å². The van der Waals surface area contributed by atoms with Gasteiger partial charge in [0, 0.05) is 18.3 Å². The van der Waals surface area contributed by atoms with Crippen LogP contribution in [0.5, 0.6) is 0 Å². The highest BCUT2D eigenvalue weighted by atomic mass is 16.2. The number of aromatic amines is 1. The number of amides is 1. The van der Waals surface area contributed by atoms with E-state index in [2.05, 4.69) is 10.3 Å². The highest BCUT2D eigenvalue weighted by Gasteiger charge is 2.07. The van der Waals surface area contributed by atoms with Crippen molar-refractivity contribution in [2.45, 2.75) is 26.4 Å². The molecule has 1 heterocycles. The molecule has 0 bridgehead atoms. The van der Waals surface area contributed by atoms with Crippen LogP contribution < -0.4 is 16.6 Å². The summed E-state index contributed by atoms with van der Waals surface area (Å²) in [5.74, 6) is -0.358. The third-order valence-corrected chi connectivity index (χ3v) is 1.70. The molecule has 6 heteroatoms. The fraction of sp³-hybridized carbons (Fsp3) is 0.444. The molecule has 0 fully saturated rings. The van der Waals surface area contributed by atoms with Gasteiger partial charge in [-0.05, 0) is 13.8 Å². The molecule has 0 radical (unpaired) electrons. The van der Waals surface area contributed by atoms with Crippen LogP contribution >= 0.6 is 0 Å². The minimum absolute atomic E-state index is 0.0176. The van der Waals surface area contributed by atoms with Gasteiger partial charge in [-0.25, -0.2) is 4.79 Å². The van der Waals surface area contributed by atoms with Crippen molar-refractivity contribution >= 4 is 5.91 Å². The van der Waals surface area contributed by atoms with Crippen molar-refractivity contribution in [3.05, 3.63) is 33.1 Å². The summed E-state index contributed by atoms with van der Waals surface area (Å²) >= 11 is 0. The summed E-state index contributed by atoms with van der Waals surface area (Å²) in [4.78, 5) is 36.0. The number of aromatic nitrogens is 2. The molecule has 0 atom stereocenters. The van der Waals surface area contributed by atoms with E-state index in [-0.39, 0.29) is 18.5 Å². The predicted octanol–water partition coefficient (Wildman–Crippen LogP) is -0.939. The lowest BCUT2D eigenvalue weighted by Crippen LogP contribution is -2.41. The lowest BCUT2D eigenvalue weighted by atomic mass is 10.4. The second-order valence-corrected chi connectivity index (χ2v) is 3.43. The van der Waals surface area contributed by atoms with Crippen LogP contribution in [0.1, 0.15) is 13.8 Å². The Morgan fingerprint density at radius 3 is 2.73 bits per heavy atom. The molecule has 0 saturated heterocycles. The first-order chi connectivity index (χ1) is 7.00. The van der Waals surface area contributed by atoms with Gasteiger partial charge in [0.15, 0.2) is 0 Å². The first-order valence-electron chi connectivity index (χ1n) is 4.58. The zero-order chi connectivity index (χ0) is 11.4. The fourth-order valence-corrected chi connectivity index (χ4v) is 1.11. The summed E-state index contributed by atoms with van der Waals surface area (Å²) in [6.45, 7) is 3.35. The molecular formula is C9H13N3O3. The third kappa shape index (κ3) is 3.08. The maximum atomic E-state index is 11.3. The van der Waals surface area contributed by atoms with Crippen LogP contribution in [0.15, 0.2) is 21.9 Å². The van der Waals surface area contributed by atoms with Gasteiger partial charge in [0.2, 0.25) is 5.91 Å². The Bertz CT molecular complexity index is 430. The molecule has 1 aromatic heterocycles. The predicted molar refractivity (Wildman–Crippen MR) is 54.6 cm³/mol. The molecule has 0 saturated carbocycles. The average molecular weight is 211 g/mol. The summed E-state index contributed by atoms with van der Waals surface area (Å²) in [5, 5.41) is 2.59. The van der Waals surface area contributed by atoms with Crippen LogP contribution in [0.4, 0.5) is 0 Å². The van der Waals surface area contributed by atoms with Gasteiger partial charge in [0.1, 0.15) is 6.54 Å². The van der Waals surface area contributed by atoms with Crippen LogP contribution in [-0.4, -0.2) is 21.5 Å². The Morgan fingerprint density at radius 1 is 1.53 bits per heavy atom. The number of nitrogens with one attached hydrogen (secondary N) is 2. The average Bonchev–Trinajstić information content (AvgIpc) is 2.10. The van der Waals surface area contributed by atoms with E-state index in [0.29, 0.717) is 0 Å². The number of rotatable bonds is 3. The van der Waals surface area contributed by atoms with E-state index in [1.807, 2.05) is 0 Å². The van der Waals surface area contributed by atoms with Gasteiger partial charge in [-0.3, -0.25) is 14.2 Å². The first-order valence-corrected chi connectivity index (χ1v) is 4.58. The van der Waals surface area contributed by atoms with E-state index >= 15 is 0 Å². The maximum absolute atomic E-state index is 11.3. The number of H-pyrrole nitrogens is 1. The molecule has 0 aliphatic heterocycles. The van der Waals surface area contributed by atoms with Crippen LogP contribution in [0, 0.1) is 0 Å². The summed E-state index contributed by atoms with van der Waals surface area (Å²) < 4.78 is 0.845. The van der Waals surface area contributed by atoms with Gasteiger partial charge in [-0.1, -0.05) is 0 Å². The SMILES string of the molecule is CC(C)NC(=O)Cn1c(=O)cc[nH]c1=O. The lowest BCUT2D eigenvalue weighted by Gasteiger charge is -2.08. The zero-order valence-corrected chi connectivity index (χ0v) is 8.61. The van der Waals surface area contributed by atoms with Crippen molar-refractivity contribution < 1.29 is 4.79 Å². The molecule has 0 aliphatic rings. The minimum Gasteiger partial charge on any atom is -0.352 e. The number of hydrogen-bond donors (Lipinski definition) is 2. The smallest absolute Gasteiger partial charge is 0.328 e. The Morgan fingerprint density at radius 2 is 2.20 bits per heavy atom. The Kier molecular flexibility index (Phi) is 3.43. The molecule has 0 spiro atoms. The normalized spacial score (nSPS) is 10.3. The summed E-state index contributed by atoms with van der Waals surface area (Å²) in [5.41, 5.74) is -1.07. The van der Waals surface area contributed by atoms with E-state index in [0.717, 1.165) is 4.57 Å². The van der Waals surface area contributed by atoms with Crippen LogP contribution in [0.3, 0.4) is 0 Å². The van der Waals surface area contributed by atoms with Gasteiger partial charge >= 0.3 is 5.69 Å². The zero-order valence-electron chi connectivity index (χ0n) is 8.61. The molecule has 82 valence electrons. The standard InChI is InChI=1S/C9H13N3O3/c1-6(2)11-7(13)5-12-8(14)3-4-10-9(12)15/h3-4,6H,5H2,1-2H3,(H,10,15)(H,11,13). The van der Waals surface area contributed by atoms with E-state index in [9.17, 15) is 14.4 Å². The Hall–Kier alpha value is -1.85. The number of carbonyl (C=O) groups excluding carboxylic acids is 1. The second-order valence-electron chi connectivity index (χ2n) is 3.43. The molecule has 15 heavy (non-hydrogen) atoms. The third-order valence-electron chi connectivity index (χ3n) is 1.70. The molecule has 2 N–H and O–H groups in total. The van der Waals surface area contributed by atoms with Gasteiger partial charge in [0.05, 0.1) is 0 Å². The van der Waals surface area contributed by atoms with E-state index < -0.39 is 11.2 Å². The topological polar surface area (TPSA) is 84.0 Å². The monoisotopic (exact) mass is 211 g/mol. The quantitative estimate of drug-likeness (QED) is 0.676. The Balaban J connectivity index is 2.86. The largest absolute Gasteiger partial charge is 0.352 e. The minimum atomic E-state index is -0.582. The van der Waals surface area contributed by atoms with Crippen molar-refractivity contribution in [1.29, 1.82) is 0 Å². The first kappa shape index (κ1) is 11.2. The lowest BCUT2D eigenvalue weighted by molar-refractivity contribution is -0.122. The number of nitrogens with zero attached hydrogens (tertiary/aromatic N) is 1. The van der Waals surface area contributed by atoms with Crippen LogP contribution in [0.25, 0.3) is 0 Å². The highest BCUT2D eigenvalue weighted by molar-refractivity contribution is 5.75. The van der Waals surface area contributed by atoms with E-state index in [1.54, 1.807) is 13.8 Å². The molecule has 6 nitrogen and oxygen atoms in total. The summed E-state index contributed by atoms with van der Waals surface area (Å²) in [7, 11) is 0. The molecule has 0 aliphatic carbocycles. The van der Waals surface area contributed by atoms with E-state index in [1.165, 1.54) is 12.3 Å². The molecule has 1 amide bonds. The van der Waals surface area contributed by atoms with Gasteiger partial charge in [-0.2, -0.15) is 0 Å². The Labute approximate surface area is 85.9 Å². The van der Waals surface area contributed by atoms with Gasteiger partial charge < -0.3 is 10.3 Å². The molecule has 0 aromatic carbocycles. The van der Waals surface area contributed by atoms with Gasteiger partial charge in [0.25, 0.3) is 5.56 Å². The summed E-state index contributed by atoms with van der Waals surface area (Å²) in [6.07, 6.45) is 1.25. The summed E-state index contributed by atoms with van der Waals surface area (Å²) in [6, 6.07) is 1.18. The number of carbonyl (C=O) groups is 1.